The average Bonchev–Trinajstić information content (AvgIpc) is 2.43. The highest BCUT2D eigenvalue weighted by Gasteiger charge is 2.22. The van der Waals surface area contributed by atoms with Gasteiger partial charge in [-0.1, -0.05) is 19.9 Å². The topological polar surface area (TPSA) is 89.3 Å². The molecule has 3 N–H and O–H groups in total. The number of hydrogen-bond acceptors (Lipinski definition) is 4. The maximum atomic E-state index is 12.3. The van der Waals surface area contributed by atoms with Gasteiger partial charge in [-0.2, -0.15) is 0 Å². The second kappa shape index (κ2) is 6.58. The van der Waals surface area contributed by atoms with Gasteiger partial charge in [0.2, 0.25) is 0 Å². The first-order chi connectivity index (χ1) is 9.63. The molecule has 0 aliphatic carbocycles. The molecule has 1 aromatic carbocycles. The number of amides is 1. The van der Waals surface area contributed by atoms with E-state index in [0.29, 0.717) is 12.1 Å². The highest BCUT2D eigenvalue weighted by Crippen LogP contribution is 2.16. The highest BCUT2D eigenvalue weighted by molar-refractivity contribution is 7.90. The molecule has 5 nitrogen and oxygen atoms in total. The molecular formula is C15H24N2O3S. The van der Waals surface area contributed by atoms with E-state index >= 15 is 0 Å². The maximum Gasteiger partial charge on any atom is 0.251 e. The molecule has 0 saturated heterocycles. The highest BCUT2D eigenvalue weighted by atomic mass is 32.2. The molecular weight excluding hydrogens is 288 g/mol. The van der Waals surface area contributed by atoms with Crippen LogP contribution in [-0.2, 0) is 9.84 Å². The van der Waals surface area contributed by atoms with E-state index in [0.717, 1.165) is 24.7 Å². The van der Waals surface area contributed by atoms with E-state index in [1.165, 1.54) is 12.1 Å². The van der Waals surface area contributed by atoms with Crippen LogP contribution in [0.1, 0.15) is 42.6 Å². The summed E-state index contributed by atoms with van der Waals surface area (Å²) in [6.07, 6.45) is 2.64. The Kier molecular flexibility index (Phi) is 5.53. The van der Waals surface area contributed by atoms with E-state index in [1.807, 2.05) is 13.8 Å². The molecule has 0 unspecified atom stereocenters. The molecule has 1 aromatic rings. The van der Waals surface area contributed by atoms with Crippen molar-refractivity contribution in [3.05, 3.63) is 29.3 Å². The lowest BCUT2D eigenvalue weighted by atomic mass is 9.94. The molecule has 0 fully saturated rings. The summed E-state index contributed by atoms with van der Waals surface area (Å²) in [4.78, 5) is 12.4. The number of aryl methyl sites for hydroxylation is 1. The average molecular weight is 312 g/mol. The van der Waals surface area contributed by atoms with Crippen LogP contribution in [0.3, 0.4) is 0 Å². The Morgan fingerprint density at radius 1 is 1.29 bits per heavy atom. The minimum Gasteiger partial charge on any atom is -0.350 e. The van der Waals surface area contributed by atoms with Crippen LogP contribution in [0.15, 0.2) is 23.1 Å². The lowest BCUT2D eigenvalue weighted by molar-refractivity contribution is 0.0941. The molecule has 0 aliphatic heterocycles. The van der Waals surface area contributed by atoms with E-state index in [-0.39, 0.29) is 10.8 Å². The van der Waals surface area contributed by atoms with Crippen LogP contribution in [-0.4, -0.2) is 32.7 Å². The summed E-state index contributed by atoms with van der Waals surface area (Å²) in [5.41, 5.74) is 6.82. The predicted molar refractivity (Wildman–Crippen MR) is 84.1 cm³/mol. The third kappa shape index (κ3) is 4.54. The minimum atomic E-state index is -3.33. The number of carbonyl (C=O) groups is 1. The van der Waals surface area contributed by atoms with Crippen molar-refractivity contribution in [2.45, 2.75) is 44.0 Å². The van der Waals surface area contributed by atoms with Gasteiger partial charge in [-0.15, -0.1) is 0 Å². The van der Waals surface area contributed by atoms with Crippen molar-refractivity contribution in [3.63, 3.8) is 0 Å². The van der Waals surface area contributed by atoms with Crippen LogP contribution in [0.2, 0.25) is 0 Å². The number of sulfone groups is 1. The fraction of sp³-hybridized carbons (Fsp3) is 0.533. The van der Waals surface area contributed by atoms with Crippen molar-refractivity contribution in [1.29, 1.82) is 0 Å². The van der Waals surface area contributed by atoms with Crippen molar-refractivity contribution in [3.8, 4) is 0 Å². The quantitative estimate of drug-likeness (QED) is 0.836. The Morgan fingerprint density at radius 2 is 1.86 bits per heavy atom. The molecule has 0 saturated carbocycles. The van der Waals surface area contributed by atoms with E-state index in [9.17, 15) is 13.2 Å². The third-order valence-electron chi connectivity index (χ3n) is 3.89. The van der Waals surface area contributed by atoms with Gasteiger partial charge in [0.05, 0.1) is 4.90 Å². The first-order valence-corrected chi connectivity index (χ1v) is 8.90. The van der Waals surface area contributed by atoms with Gasteiger partial charge in [0.1, 0.15) is 0 Å². The molecule has 1 amide bonds. The number of rotatable bonds is 6. The first kappa shape index (κ1) is 17.7. The van der Waals surface area contributed by atoms with Crippen LogP contribution >= 0.6 is 0 Å². The second-order valence-corrected chi connectivity index (χ2v) is 7.52. The lowest BCUT2D eigenvalue weighted by Crippen LogP contribution is -2.49. The molecule has 0 spiro atoms. The smallest absolute Gasteiger partial charge is 0.251 e. The van der Waals surface area contributed by atoms with Gasteiger partial charge >= 0.3 is 0 Å². The number of carbonyl (C=O) groups excluding carboxylic acids is 1. The zero-order chi connectivity index (χ0) is 16.3. The predicted octanol–water partition coefficient (Wildman–Crippen LogP) is 1.65. The minimum absolute atomic E-state index is 0.142. The van der Waals surface area contributed by atoms with Crippen molar-refractivity contribution in [2.24, 2.45) is 5.73 Å². The summed E-state index contributed by atoms with van der Waals surface area (Å²) in [6.45, 7) is 6.09. The molecule has 118 valence electrons. The molecule has 0 aromatic heterocycles. The standard InChI is InChI=1S/C15H24N2O3S/c1-5-15(16,6-2)10-17-14(18)13-9-12(21(4,19)20)8-7-11(13)3/h7-9H,5-6,10,16H2,1-4H3,(H,17,18). The van der Waals surface area contributed by atoms with Crippen LogP contribution in [0.4, 0.5) is 0 Å². The monoisotopic (exact) mass is 312 g/mol. The molecule has 6 heteroatoms. The summed E-state index contributed by atoms with van der Waals surface area (Å²) in [5.74, 6) is -0.297. The summed E-state index contributed by atoms with van der Waals surface area (Å²) < 4.78 is 23.2. The molecule has 0 heterocycles. The van der Waals surface area contributed by atoms with Crippen LogP contribution in [0.25, 0.3) is 0 Å². The van der Waals surface area contributed by atoms with Gasteiger partial charge in [0.15, 0.2) is 9.84 Å². The van der Waals surface area contributed by atoms with Gasteiger partial charge in [-0.05, 0) is 37.5 Å². The summed E-state index contributed by atoms with van der Waals surface area (Å²) >= 11 is 0. The fourth-order valence-electron chi connectivity index (χ4n) is 1.93. The van der Waals surface area contributed by atoms with Gasteiger partial charge in [-0.25, -0.2) is 8.42 Å². The van der Waals surface area contributed by atoms with Crippen molar-refractivity contribution < 1.29 is 13.2 Å². The SMILES string of the molecule is CCC(N)(CC)CNC(=O)c1cc(S(C)(=O)=O)ccc1C. The Labute approximate surface area is 126 Å². The number of hydrogen-bond donors (Lipinski definition) is 2. The van der Waals surface area contributed by atoms with Gasteiger partial charge in [0, 0.05) is 23.9 Å². The summed E-state index contributed by atoms with van der Waals surface area (Å²) in [5, 5.41) is 2.80. The van der Waals surface area contributed by atoms with E-state index < -0.39 is 15.4 Å². The number of nitrogens with one attached hydrogen (secondary N) is 1. The van der Waals surface area contributed by atoms with E-state index in [1.54, 1.807) is 13.0 Å². The maximum absolute atomic E-state index is 12.3. The molecule has 1 rings (SSSR count). The second-order valence-electron chi connectivity index (χ2n) is 5.50. The Balaban J connectivity index is 2.98. The van der Waals surface area contributed by atoms with E-state index in [2.05, 4.69) is 5.32 Å². The molecule has 0 radical (unpaired) electrons. The largest absolute Gasteiger partial charge is 0.350 e. The molecule has 0 aliphatic rings. The summed E-state index contributed by atoms with van der Waals surface area (Å²) in [6, 6.07) is 4.56. The first-order valence-electron chi connectivity index (χ1n) is 7.00. The fourth-order valence-corrected chi connectivity index (χ4v) is 2.58. The zero-order valence-electron chi connectivity index (χ0n) is 13.1. The zero-order valence-corrected chi connectivity index (χ0v) is 13.9. The van der Waals surface area contributed by atoms with E-state index in [4.69, 9.17) is 5.73 Å². The Bertz CT molecular complexity index is 620. The lowest BCUT2D eigenvalue weighted by Gasteiger charge is -2.27. The van der Waals surface area contributed by atoms with Crippen LogP contribution in [0.5, 0.6) is 0 Å². The van der Waals surface area contributed by atoms with Gasteiger partial charge in [0.25, 0.3) is 5.91 Å². The Morgan fingerprint density at radius 3 is 2.33 bits per heavy atom. The summed E-state index contributed by atoms with van der Waals surface area (Å²) in [7, 11) is -3.33. The third-order valence-corrected chi connectivity index (χ3v) is 5.00. The van der Waals surface area contributed by atoms with Crippen molar-refractivity contribution in [2.75, 3.05) is 12.8 Å². The molecule has 0 bridgehead atoms. The number of benzene rings is 1. The van der Waals surface area contributed by atoms with Crippen LogP contribution in [0, 0.1) is 6.92 Å². The van der Waals surface area contributed by atoms with Crippen molar-refractivity contribution in [1.82, 2.24) is 5.32 Å². The normalized spacial score (nSPS) is 12.2. The van der Waals surface area contributed by atoms with Gasteiger partial charge < -0.3 is 11.1 Å². The Hall–Kier alpha value is -1.40. The number of nitrogens with two attached hydrogens (primary N) is 1. The van der Waals surface area contributed by atoms with Crippen LogP contribution < -0.4 is 11.1 Å². The van der Waals surface area contributed by atoms with Crippen molar-refractivity contribution >= 4 is 15.7 Å². The van der Waals surface area contributed by atoms with Gasteiger partial charge in [-0.3, -0.25) is 4.79 Å². The molecule has 0 atom stereocenters. The molecule has 21 heavy (non-hydrogen) atoms.